The van der Waals surface area contributed by atoms with Crippen molar-refractivity contribution in [1.82, 2.24) is 9.78 Å². The number of hydrogen-bond donors (Lipinski definition) is 1. The average molecular weight is 249 g/mol. The molecule has 1 aromatic carbocycles. The number of ether oxygens (including phenoxy) is 1. The van der Waals surface area contributed by atoms with Gasteiger partial charge in [0.05, 0.1) is 24.0 Å². The lowest BCUT2D eigenvalue weighted by atomic mass is 10.3. The third-order valence-corrected chi connectivity index (χ3v) is 2.60. The molecule has 5 nitrogen and oxygen atoms in total. The number of nitriles is 1. The van der Waals surface area contributed by atoms with Crippen LogP contribution in [0.2, 0.25) is 5.02 Å². The van der Waals surface area contributed by atoms with E-state index in [0.29, 0.717) is 22.0 Å². The zero-order chi connectivity index (χ0) is 12.4. The van der Waals surface area contributed by atoms with Gasteiger partial charge < -0.3 is 10.5 Å². The van der Waals surface area contributed by atoms with Gasteiger partial charge in [0.1, 0.15) is 23.2 Å². The Morgan fingerprint density at radius 2 is 2.29 bits per heavy atom. The Bertz CT molecular complexity index is 600. The molecular formula is C11H9ClN4O. The highest BCUT2D eigenvalue weighted by Gasteiger charge is 2.10. The van der Waals surface area contributed by atoms with Gasteiger partial charge >= 0.3 is 0 Å². The molecule has 0 unspecified atom stereocenters. The topological polar surface area (TPSA) is 76.9 Å². The first-order valence-corrected chi connectivity index (χ1v) is 5.12. The van der Waals surface area contributed by atoms with Gasteiger partial charge in [-0.2, -0.15) is 10.4 Å². The molecule has 0 aliphatic heterocycles. The van der Waals surface area contributed by atoms with Crippen LogP contribution in [0.4, 0.5) is 5.82 Å². The van der Waals surface area contributed by atoms with Crippen molar-refractivity contribution in [2.24, 2.45) is 0 Å². The number of nitrogen functional groups attached to an aromatic ring is 1. The first-order chi connectivity index (χ1) is 8.17. The molecule has 1 heterocycles. The van der Waals surface area contributed by atoms with Gasteiger partial charge in [0, 0.05) is 0 Å². The molecule has 2 N–H and O–H groups in total. The van der Waals surface area contributed by atoms with Crippen LogP contribution in [0.25, 0.3) is 5.69 Å². The summed E-state index contributed by atoms with van der Waals surface area (Å²) in [5.74, 6) is 0.857. The molecule has 0 amide bonds. The van der Waals surface area contributed by atoms with Gasteiger partial charge in [-0.1, -0.05) is 11.6 Å². The first-order valence-electron chi connectivity index (χ1n) is 4.75. The fraction of sp³-hybridized carbons (Fsp3) is 0.0909. The van der Waals surface area contributed by atoms with Crippen molar-refractivity contribution in [2.75, 3.05) is 12.8 Å². The second-order valence-corrected chi connectivity index (χ2v) is 3.69. The number of hydrogen-bond acceptors (Lipinski definition) is 4. The Morgan fingerprint density at radius 1 is 1.53 bits per heavy atom. The molecule has 0 spiro atoms. The van der Waals surface area contributed by atoms with E-state index in [1.54, 1.807) is 18.2 Å². The summed E-state index contributed by atoms with van der Waals surface area (Å²) >= 11 is 6.00. The van der Waals surface area contributed by atoms with Crippen LogP contribution in [-0.2, 0) is 0 Å². The monoisotopic (exact) mass is 248 g/mol. The Labute approximate surface area is 103 Å². The number of methoxy groups -OCH3 is 1. The highest BCUT2D eigenvalue weighted by molar-refractivity contribution is 6.32. The molecular weight excluding hydrogens is 240 g/mol. The molecule has 6 heteroatoms. The second kappa shape index (κ2) is 4.36. The van der Waals surface area contributed by atoms with Gasteiger partial charge in [-0.05, 0) is 18.2 Å². The quantitative estimate of drug-likeness (QED) is 0.882. The van der Waals surface area contributed by atoms with Gasteiger partial charge in [0.25, 0.3) is 0 Å². The van der Waals surface area contributed by atoms with Crippen LogP contribution in [0.1, 0.15) is 5.56 Å². The van der Waals surface area contributed by atoms with Crippen molar-refractivity contribution in [3.05, 3.63) is 35.0 Å². The van der Waals surface area contributed by atoms with E-state index in [9.17, 15) is 0 Å². The van der Waals surface area contributed by atoms with Gasteiger partial charge in [-0.25, -0.2) is 4.68 Å². The molecule has 0 radical (unpaired) electrons. The summed E-state index contributed by atoms with van der Waals surface area (Å²) in [6.45, 7) is 0. The van der Waals surface area contributed by atoms with Crippen molar-refractivity contribution in [3.8, 4) is 17.5 Å². The minimum Gasteiger partial charge on any atom is -0.495 e. The summed E-state index contributed by atoms with van der Waals surface area (Å²) in [4.78, 5) is 0. The first kappa shape index (κ1) is 11.3. The Kier molecular flexibility index (Phi) is 2.90. The largest absolute Gasteiger partial charge is 0.495 e. The van der Waals surface area contributed by atoms with E-state index in [-0.39, 0.29) is 5.82 Å². The molecule has 0 saturated heterocycles. The maximum absolute atomic E-state index is 8.79. The van der Waals surface area contributed by atoms with E-state index < -0.39 is 0 Å². The molecule has 0 aliphatic rings. The van der Waals surface area contributed by atoms with Crippen LogP contribution >= 0.6 is 11.6 Å². The van der Waals surface area contributed by atoms with E-state index in [1.165, 1.54) is 18.0 Å². The lowest BCUT2D eigenvalue weighted by Crippen LogP contribution is -2.02. The van der Waals surface area contributed by atoms with Gasteiger partial charge in [-0.3, -0.25) is 0 Å². The SMILES string of the molecule is COc1ccc(-n2ncc(C#N)c2N)cc1Cl. The van der Waals surface area contributed by atoms with Crippen molar-refractivity contribution in [1.29, 1.82) is 5.26 Å². The van der Waals surface area contributed by atoms with Crippen LogP contribution in [0, 0.1) is 11.3 Å². The van der Waals surface area contributed by atoms with Crippen molar-refractivity contribution >= 4 is 17.4 Å². The number of aromatic nitrogens is 2. The predicted octanol–water partition coefficient (Wildman–Crippen LogP) is 1.99. The van der Waals surface area contributed by atoms with E-state index in [4.69, 9.17) is 27.3 Å². The maximum Gasteiger partial charge on any atom is 0.145 e. The fourth-order valence-electron chi connectivity index (χ4n) is 1.44. The Balaban J connectivity index is 2.51. The highest BCUT2D eigenvalue weighted by Crippen LogP contribution is 2.27. The number of benzene rings is 1. The van der Waals surface area contributed by atoms with Gasteiger partial charge in [-0.15, -0.1) is 0 Å². The van der Waals surface area contributed by atoms with E-state index >= 15 is 0 Å². The zero-order valence-corrected chi connectivity index (χ0v) is 9.77. The number of nitrogens with two attached hydrogens (primary N) is 1. The molecule has 2 rings (SSSR count). The molecule has 17 heavy (non-hydrogen) atoms. The third kappa shape index (κ3) is 1.90. The molecule has 0 aliphatic carbocycles. The van der Waals surface area contributed by atoms with Crippen molar-refractivity contribution in [3.63, 3.8) is 0 Å². The normalized spacial score (nSPS) is 9.94. The summed E-state index contributed by atoms with van der Waals surface area (Å²) in [5.41, 5.74) is 6.78. The van der Waals surface area contributed by atoms with Crippen LogP contribution in [-0.4, -0.2) is 16.9 Å². The fourth-order valence-corrected chi connectivity index (χ4v) is 1.69. The molecule has 1 aromatic heterocycles. The van der Waals surface area contributed by atoms with Crippen molar-refractivity contribution in [2.45, 2.75) is 0 Å². The van der Waals surface area contributed by atoms with E-state index in [0.717, 1.165) is 0 Å². The van der Waals surface area contributed by atoms with Gasteiger partial charge in [0.2, 0.25) is 0 Å². The Hall–Kier alpha value is -2.19. The van der Waals surface area contributed by atoms with Crippen LogP contribution in [0.15, 0.2) is 24.4 Å². The summed E-state index contributed by atoms with van der Waals surface area (Å²) in [6, 6.07) is 7.10. The molecule has 2 aromatic rings. The summed E-state index contributed by atoms with van der Waals surface area (Å²) < 4.78 is 6.50. The average Bonchev–Trinajstić information content (AvgIpc) is 2.70. The summed E-state index contributed by atoms with van der Waals surface area (Å²) in [6.07, 6.45) is 1.41. The molecule has 0 saturated carbocycles. The second-order valence-electron chi connectivity index (χ2n) is 3.29. The van der Waals surface area contributed by atoms with Crippen LogP contribution in [0.3, 0.4) is 0 Å². The lowest BCUT2D eigenvalue weighted by molar-refractivity contribution is 0.415. The van der Waals surface area contributed by atoms with Gasteiger partial charge in [0.15, 0.2) is 0 Å². The smallest absolute Gasteiger partial charge is 0.145 e. The van der Waals surface area contributed by atoms with E-state index in [2.05, 4.69) is 5.10 Å². The zero-order valence-electron chi connectivity index (χ0n) is 9.01. The summed E-state index contributed by atoms with van der Waals surface area (Å²) in [7, 11) is 1.54. The minimum atomic E-state index is 0.286. The number of nitrogens with zero attached hydrogens (tertiary/aromatic N) is 3. The molecule has 0 fully saturated rings. The maximum atomic E-state index is 8.79. The highest BCUT2D eigenvalue weighted by atomic mass is 35.5. The molecule has 0 bridgehead atoms. The molecule has 86 valence electrons. The Morgan fingerprint density at radius 3 is 2.82 bits per heavy atom. The minimum absolute atomic E-state index is 0.286. The van der Waals surface area contributed by atoms with Crippen LogP contribution < -0.4 is 10.5 Å². The third-order valence-electron chi connectivity index (χ3n) is 2.31. The number of rotatable bonds is 2. The predicted molar refractivity (Wildman–Crippen MR) is 64.3 cm³/mol. The van der Waals surface area contributed by atoms with Crippen molar-refractivity contribution < 1.29 is 4.74 Å². The summed E-state index contributed by atoms with van der Waals surface area (Å²) in [5, 5.41) is 13.3. The number of halogens is 1. The lowest BCUT2D eigenvalue weighted by Gasteiger charge is -2.07. The van der Waals surface area contributed by atoms with Crippen LogP contribution in [0.5, 0.6) is 5.75 Å². The molecule has 0 atom stereocenters. The standard InChI is InChI=1S/C11H9ClN4O/c1-17-10-3-2-8(4-9(10)12)16-11(14)7(5-13)6-15-16/h2-4,6H,14H2,1H3. The number of anilines is 1. The van der Waals surface area contributed by atoms with E-state index in [1.807, 2.05) is 6.07 Å².